The summed E-state index contributed by atoms with van der Waals surface area (Å²) in [4.78, 5) is 28.4. The van der Waals surface area contributed by atoms with Crippen LogP contribution in [-0.4, -0.2) is 56.4 Å². The largest absolute Gasteiger partial charge is 0.377 e. The highest BCUT2D eigenvalue weighted by Crippen LogP contribution is 2.40. The van der Waals surface area contributed by atoms with Crippen LogP contribution in [0.4, 0.5) is 11.5 Å². The highest BCUT2D eigenvalue weighted by molar-refractivity contribution is 7.13. The predicted molar refractivity (Wildman–Crippen MR) is 101 cm³/mol. The topological polar surface area (TPSA) is 109 Å². The Kier molecular flexibility index (Phi) is 3.69. The molecule has 1 saturated heterocycles. The Bertz CT molecular complexity index is 1000. The van der Waals surface area contributed by atoms with Crippen molar-refractivity contribution < 1.29 is 9.53 Å². The fourth-order valence-electron chi connectivity index (χ4n) is 3.64. The normalized spacial score (nSPS) is 21.5. The maximum Gasteiger partial charge on any atom is 0.252 e. The molecule has 3 aromatic heterocycles. The summed E-state index contributed by atoms with van der Waals surface area (Å²) in [5, 5.41) is 12.8. The van der Waals surface area contributed by atoms with Crippen molar-refractivity contribution in [2.75, 3.05) is 30.0 Å². The van der Waals surface area contributed by atoms with Crippen molar-refractivity contribution in [2.24, 2.45) is 0 Å². The molecule has 3 aromatic rings. The molecule has 9 nitrogen and oxygen atoms in total. The van der Waals surface area contributed by atoms with Crippen molar-refractivity contribution in [3.63, 3.8) is 0 Å². The molecule has 5 rings (SSSR count). The molecule has 0 aliphatic carbocycles. The number of ether oxygens (including phenoxy) is 1. The third kappa shape index (κ3) is 2.37. The molecule has 0 saturated carbocycles. The monoisotopic (exact) mass is 383 g/mol. The number of hydrogen-bond donors (Lipinski definition) is 2. The van der Waals surface area contributed by atoms with Gasteiger partial charge in [-0.05, 0) is 6.42 Å². The van der Waals surface area contributed by atoms with E-state index in [1.54, 1.807) is 18.6 Å². The van der Waals surface area contributed by atoms with Gasteiger partial charge in [0.25, 0.3) is 5.91 Å². The number of H-pyrrole nitrogens is 1. The van der Waals surface area contributed by atoms with Crippen molar-refractivity contribution in [3.8, 4) is 22.1 Å². The molecule has 27 heavy (non-hydrogen) atoms. The van der Waals surface area contributed by atoms with Gasteiger partial charge in [0.05, 0.1) is 31.2 Å². The van der Waals surface area contributed by atoms with Gasteiger partial charge in [0.15, 0.2) is 11.6 Å². The zero-order chi connectivity index (χ0) is 18.4. The minimum Gasteiger partial charge on any atom is -0.377 e. The smallest absolute Gasteiger partial charge is 0.252 e. The fourth-order valence-corrected chi connectivity index (χ4v) is 4.29. The molecule has 0 unspecified atom stereocenters. The number of hydrogen-bond acceptors (Lipinski definition) is 8. The standard InChI is InChI=1S/C17H17N7O2S/c1-2-17-9-26-5-4-24(17)14-11(21-16(17)25)8-19-13(22-14)10-7-20-23-12(10)15-18-3-6-27-15/h3,6-8H,2,4-5,9H2,1H3,(H,20,23)(H,21,25)/t17-/m0/s1. The van der Waals surface area contributed by atoms with Crippen LogP contribution in [-0.2, 0) is 9.53 Å². The number of nitrogens with one attached hydrogen (secondary N) is 2. The third-order valence-corrected chi connectivity index (χ3v) is 5.91. The molecule has 5 heterocycles. The summed E-state index contributed by atoms with van der Waals surface area (Å²) in [6.45, 7) is 3.51. The van der Waals surface area contributed by atoms with Gasteiger partial charge in [0.1, 0.15) is 21.9 Å². The second-order valence-electron chi connectivity index (χ2n) is 6.47. The lowest BCUT2D eigenvalue weighted by molar-refractivity contribution is -0.125. The maximum atomic E-state index is 12.8. The van der Waals surface area contributed by atoms with E-state index >= 15 is 0 Å². The summed E-state index contributed by atoms with van der Waals surface area (Å²) in [6.07, 6.45) is 5.74. The van der Waals surface area contributed by atoms with E-state index < -0.39 is 5.54 Å². The Balaban J connectivity index is 1.62. The van der Waals surface area contributed by atoms with Crippen molar-refractivity contribution in [1.29, 1.82) is 0 Å². The highest BCUT2D eigenvalue weighted by atomic mass is 32.1. The zero-order valence-corrected chi connectivity index (χ0v) is 15.4. The minimum absolute atomic E-state index is 0.0691. The van der Waals surface area contributed by atoms with Crippen molar-refractivity contribution in [2.45, 2.75) is 18.9 Å². The van der Waals surface area contributed by atoms with E-state index in [0.717, 1.165) is 22.1 Å². The van der Waals surface area contributed by atoms with E-state index in [4.69, 9.17) is 9.72 Å². The van der Waals surface area contributed by atoms with Crippen LogP contribution in [0.25, 0.3) is 22.1 Å². The van der Waals surface area contributed by atoms with Gasteiger partial charge in [-0.3, -0.25) is 9.89 Å². The Morgan fingerprint density at radius 1 is 1.37 bits per heavy atom. The van der Waals surface area contributed by atoms with E-state index in [-0.39, 0.29) is 5.91 Å². The summed E-state index contributed by atoms with van der Waals surface area (Å²) in [5.41, 5.74) is 1.45. The second kappa shape index (κ2) is 6.10. The number of nitrogens with zero attached hydrogens (tertiary/aromatic N) is 5. The fraction of sp³-hybridized carbons (Fsp3) is 0.353. The molecule has 1 amide bonds. The third-order valence-electron chi connectivity index (χ3n) is 5.12. The first-order valence-electron chi connectivity index (χ1n) is 8.70. The molecule has 138 valence electrons. The Hall–Kier alpha value is -2.85. The summed E-state index contributed by atoms with van der Waals surface area (Å²) in [5.74, 6) is 1.19. The van der Waals surface area contributed by atoms with E-state index in [1.165, 1.54) is 11.3 Å². The van der Waals surface area contributed by atoms with Crippen molar-refractivity contribution in [3.05, 3.63) is 24.0 Å². The number of anilines is 2. The lowest BCUT2D eigenvalue weighted by atomic mass is 9.90. The van der Waals surface area contributed by atoms with Gasteiger partial charge < -0.3 is 15.0 Å². The first-order chi connectivity index (χ1) is 13.2. The van der Waals surface area contributed by atoms with Gasteiger partial charge in [-0.1, -0.05) is 6.92 Å². The molecule has 1 fully saturated rings. The first kappa shape index (κ1) is 16.3. The molecule has 0 bridgehead atoms. The van der Waals surface area contributed by atoms with Gasteiger partial charge in [-0.25, -0.2) is 15.0 Å². The van der Waals surface area contributed by atoms with Crippen LogP contribution in [0.5, 0.6) is 0 Å². The number of amides is 1. The van der Waals surface area contributed by atoms with E-state index in [2.05, 4.69) is 30.4 Å². The highest BCUT2D eigenvalue weighted by Gasteiger charge is 2.49. The number of rotatable bonds is 3. The quantitative estimate of drug-likeness (QED) is 0.711. The van der Waals surface area contributed by atoms with Crippen LogP contribution in [0.15, 0.2) is 24.0 Å². The lowest BCUT2D eigenvalue weighted by Crippen LogP contribution is -2.66. The van der Waals surface area contributed by atoms with E-state index in [0.29, 0.717) is 37.7 Å². The van der Waals surface area contributed by atoms with Crippen LogP contribution in [0.2, 0.25) is 0 Å². The average molecular weight is 383 g/mol. The van der Waals surface area contributed by atoms with Crippen LogP contribution < -0.4 is 10.2 Å². The SMILES string of the molecule is CC[C@@]12COCCN1c1nc(-c3cn[nH]c3-c3nccs3)ncc1NC2=O. The number of morpholine rings is 1. The number of aromatic nitrogens is 5. The Morgan fingerprint density at radius 2 is 2.30 bits per heavy atom. The van der Waals surface area contributed by atoms with Gasteiger partial charge in [-0.15, -0.1) is 11.3 Å². The summed E-state index contributed by atoms with van der Waals surface area (Å²) in [7, 11) is 0. The number of aromatic amines is 1. The van der Waals surface area contributed by atoms with Gasteiger partial charge in [-0.2, -0.15) is 5.10 Å². The molecule has 2 N–H and O–H groups in total. The molecule has 0 aromatic carbocycles. The Morgan fingerprint density at radius 3 is 3.11 bits per heavy atom. The van der Waals surface area contributed by atoms with Crippen LogP contribution >= 0.6 is 11.3 Å². The summed E-state index contributed by atoms with van der Waals surface area (Å²) >= 11 is 1.52. The molecule has 0 radical (unpaired) electrons. The first-order valence-corrected chi connectivity index (χ1v) is 9.58. The van der Waals surface area contributed by atoms with Crippen LogP contribution in [0.1, 0.15) is 13.3 Å². The average Bonchev–Trinajstić information content (AvgIpc) is 3.39. The van der Waals surface area contributed by atoms with E-state index in [1.807, 2.05) is 12.3 Å². The van der Waals surface area contributed by atoms with Gasteiger partial charge in [0, 0.05) is 18.1 Å². The molecule has 1 atom stereocenters. The molecular formula is C17H17N7O2S. The van der Waals surface area contributed by atoms with Crippen LogP contribution in [0, 0.1) is 0 Å². The number of fused-ring (bicyclic) bond motifs is 3. The molecule has 2 aliphatic heterocycles. The molecular weight excluding hydrogens is 366 g/mol. The summed E-state index contributed by atoms with van der Waals surface area (Å²) in [6, 6.07) is 0. The molecule has 0 spiro atoms. The number of carbonyl (C=O) groups excluding carboxylic acids is 1. The van der Waals surface area contributed by atoms with Gasteiger partial charge in [0.2, 0.25) is 0 Å². The maximum absolute atomic E-state index is 12.8. The number of thiazole rings is 1. The molecule has 2 aliphatic rings. The number of carbonyl (C=O) groups is 1. The van der Waals surface area contributed by atoms with Gasteiger partial charge >= 0.3 is 0 Å². The van der Waals surface area contributed by atoms with Crippen LogP contribution in [0.3, 0.4) is 0 Å². The Labute approximate surface area is 158 Å². The zero-order valence-electron chi connectivity index (χ0n) is 14.6. The van der Waals surface area contributed by atoms with E-state index in [9.17, 15) is 4.79 Å². The summed E-state index contributed by atoms with van der Waals surface area (Å²) < 4.78 is 5.62. The minimum atomic E-state index is -0.731. The molecule has 10 heteroatoms. The predicted octanol–water partition coefficient (Wildman–Crippen LogP) is 1.93. The van der Waals surface area contributed by atoms with Crippen molar-refractivity contribution in [1.82, 2.24) is 25.1 Å². The second-order valence-corrected chi connectivity index (χ2v) is 7.36. The van der Waals surface area contributed by atoms with Crippen molar-refractivity contribution >= 4 is 28.7 Å². The lowest BCUT2D eigenvalue weighted by Gasteiger charge is -2.48.